The van der Waals surface area contributed by atoms with Gasteiger partial charge in [0.2, 0.25) is 0 Å². The van der Waals surface area contributed by atoms with E-state index in [9.17, 15) is 9.90 Å². The standard InChI is InChI=1S/C18H24N4O4/c1-18(2,3)26-17(24)21-5-4-14-13(8-21)16-15-12(10-25-20-15)6-11(9-23)7-22(16)19-14/h10-11,23H,4-9H2,1-3H3/t11-/m0/s1. The van der Waals surface area contributed by atoms with E-state index < -0.39 is 5.60 Å². The molecule has 1 N–H and O–H groups in total. The molecule has 2 aromatic rings. The molecule has 0 fully saturated rings. The molecule has 0 radical (unpaired) electrons. The number of ether oxygens (including phenoxy) is 1. The largest absolute Gasteiger partial charge is 0.444 e. The lowest BCUT2D eigenvalue weighted by Gasteiger charge is -2.29. The van der Waals surface area contributed by atoms with Crippen molar-refractivity contribution in [3.05, 3.63) is 23.1 Å². The number of aliphatic hydroxyl groups excluding tert-OH is 1. The molecule has 0 aliphatic carbocycles. The molecule has 2 aliphatic rings. The van der Waals surface area contributed by atoms with Crippen molar-refractivity contribution in [2.24, 2.45) is 5.92 Å². The molecule has 1 atom stereocenters. The molecule has 4 rings (SSSR count). The van der Waals surface area contributed by atoms with Crippen LogP contribution in [0, 0.1) is 5.92 Å². The van der Waals surface area contributed by atoms with Crippen LogP contribution in [0.1, 0.15) is 37.6 Å². The maximum Gasteiger partial charge on any atom is 0.410 e. The summed E-state index contributed by atoms with van der Waals surface area (Å²) in [4.78, 5) is 14.2. The van der Waals surface area contributed by atoms with E-state index in [-0.39, 0.29) is 18.6 Å². The van der Waals surface area contributed by atoms with Gasteiger partial charge in [0.15, 0.2) is 0 Å². The van der Waals surface area contributed by atoms with Crippen molar-refractivity contribution in [1.82, 2.24) is 19.8 Å². The number of rotatable bonds is 1. The van der Waals surface area contributed by atoms with Crippen molar-refractivity contribution in [1.29, 1.82) is 0 Å². The molecule has 2 aliphatic heterocycles. The highest BCUT2D eigenvalue weighted by atomic mass is 16.6. The second kappa shape index (κ2) is 6.12. The van der Waals surface area contributed by atoms with Gasteiger partial charge in [-0.25, -0.2) is 4.79 Å². The van der Waals surface area contributed by atoms with Crippen LogP contribution in [0.3, 0.4) is 0 Å². The average molecular weight is 360 g/mol. The van der Waals surface area contributed by atoms with Crippen LogP contribution in [0.4, 0.5) is 4.79 Å². The third-order valence-electron chi connectivity index (χ3n) is 4.82. The van der Waals surface area contributed by atoms with E-state index in [0.29, 0.717) is 32.5 Å². The lowest BCUT2D eigenvalue weighted by Crippen LogP contribution is -2.39. The van der Waals surface area contributed by atoms with Gasteiger partial charge in [-0.15, -0.1) is 0 Å². The van der Waals surface area contributed by atoms with E-state index in [1.54, 1.807) is 11.2 Å². The Morgan fingerprint density at radius 3 is 3.00 bits per heavy atom. The van der Waals surface area contributed by atoms with E-state index in [1.807, 2.05) is 25.5 Å². The van der Waals surface area contributed by atoms with E-state index in [0.717, 1.165) is 28.2 Å². The molecule has 8 heteroatoms. The molecule has 0 spiro atoms. The number of carbonyl (C=O) groups is 1. The van der Waals surface area contributed by atoms with Crippen molar-refractivity contribution in [3.63, 3.8) is 0 Å². The minimum absolute atomic E-state index is 0.0673. The Morgan fingerprint density at radius 1 is 1.46 bits per heavy atom. The summed E-state index contributed by atoms with van der Waals surface area (Å²) in [6.07, 6.45) is 2.70. The number of fused-ring (bicyclic) bond motifs is 5. The summed E-state index contributed by atoms with van der Waals surface area (Å²) >= 11 is 0. The molecule has 26 heavy (non-hydrogen) atoms. The van der Waals surface area contributed by atoms with Gasteiger partial charge in [-0.3, -0.25) is 4.68 Å². The van der Waals surface area contributed by atoms with E-state index in [4.69, 9.17) is 14.4 Å². The summed E-state index contributed by atoms with van der Waals surface area (Å²) < 4.78 is 12.6. The summed E-state index contributed by atoms with van der Waals surface area (Å²) in [6.45, 7) is 7.32. The molecule has 0 saturated heterocycles. The highest BCUT2D eigenvalue weighted by Gasteiger charge is 2.34. The molecule has 140 valence electrons. The van der Waals surface area contributed by atoms with Gasteiger partial charge in [-0.05, 0) is 27.2 Å². The smallest absolute Gasteiger partial charge is 0.410 e. The van der Waals surface area contributed by atoms with Crippen molar-refractivity contribution in [3.8, 4) is 11.4 Å². The predicted molar refractivity (Wildman–Crippen MR) is 92.4 cm³/mol. The third kappa shape index (κ3) is 2.98. The Labute approximate surface area is 151 Å². The number of hydrogen-bond donors (Lipinski definition) is 1. The van der Waals surface area contributed by atoms with Crippen LogP contribution < -0.4 is 0 Å². The van der Waals surface area contributed by atoms with Gasteiger partial charge >= 0.3 is 6.09 Å². The maximum atomic E-state index is 12.5. The average Bonchev–Trinajstić information content (AvgIpc) is 3.12. The maximum absolute atomic E-state index is 12.5. The zero-order chi connectivity index (χ0) is 18.5. The summed E-state index contributed by atoms with van der Waals surface area (Å²) in [6, 6.07) is 0. The van der Waals surface area contributed by atoms with Crippen molar-refractivity contribution < 1.29 is 19.2 Å². The van der Waals surface area contributed by atoms with Crippen LogP contribution in [0.2, 0.25) is 0 Å². The zero-order valence-corrected chi connectivity index (χ0v) is 15.4. The SMILES string of the molecule is CC(C)(C)OC(=O)N1CCc2nn3c(c2C1)-c1nocc1C[C@H](CO)C3. The van der Waals surface area contributed by atoms with Crippen LogP contribution in [0.25, 0.3) is 11.4 Å². The predicted octanol–water partition coefficient (Wildman–Crippen LogP) is 2.00. The lowest BCUT2D eigenvalue weighted by atomic mass is 9.99. The van der Waals surface area contributed by atoms with Crippen molar-refractivity contribution in [2.75, 3.05) is 13.2 Å². The Bertz CT molecular complexity index is 833. The molecule has 2 aromatic heterocycles. The van der Waals surface area contributed by atoms with Crippen LogP contribution in [0.15, 0.2) is 10.8 Å². The van der Waals surface area contributed by atoms with E-state index in [2.05, 4.69) is 5.16 Å². The van der Waals surface area contributed by atoms with Gasteiger partial charge in [0.25, 0.3) is 0 Å². The number of aromatic nitrogens is 3. The van der Waals surface area contributed by atoms with Crippen LogP contribution >= 0.6 is 0 Å². The first-order valence-corrected chi connectivity index (χ1v) is 8.96. The quantitative estimate of drug-likeness (QED) is 0.836. The van der Waals surface area contributed by atoms with E-state index >= 15 is 0 Å². The molecule has 1 amide bonds. The second-order valence-electron chi connectivity index (χ2n) is 8.05. The first-order valence-electron chi connectivity index (χ1n) is 8.96. The minimum atomic E-state index is -0.527. The third-order valence-corrected chi connectivity index (χ3v) is 4.82. The van der Waals surface area contributed by atoms with Crippen molar-refractivity contribution in [2.45, 2.75) is 52.3 Å². The Morgan fingerprint density at radius 2 is 2.27 bits per heavy atom. The number of aliphatic hydroxyl groups is 1. The highest BCUT2D eigenvalue weighted by molar-refractivity contribution is 5.71. The fraction of sp³-hybridized carbons (Fsp3) is 0.611. The zero-order valence-electron chi connectivity index (χ0n) is 15.4. The summed E-state index contributed by atoms with van der Waals surface area (Å²) in [5.41, 5.74) is 4.08. The van der Waals surface area contributed by atoms with Gasteiger partial charge in [0, 0.05) is 43.2 Å². The topological polar surface area (TPSA) is 93.6 Å². The first-order chi connectivity index (χ1) is 12.4. The summed E-state index contributed by atoms with van der Waals surface area (Å²) in [5, 5.41) is 18.6. The molecule has 0 bridgehead atoms. The second-order valence-corrected chi connectivity index (χ2v) is 8.05. The number of carbonyl (C=O) groups excluding carboxylic acids is 1. The van der Waals surface area contributed by atoms with Gasteiger partial charge in [0.05, 0.1) is 17.9 Å². The van der Waals surface area contributed by atoms with Crippen molar-refractivity contribution >= 4 is 6.09 Å². The molecular formula is C18H24N4O4. The van der Waals surface area contributed by atoms with Gasteiger partial charge in [-0.2, -0.15) is 5.10 Å². The first kappa shape index (κ1) is 17.1. The fourth-order valence-electron chi connectivity index (χ4n) is 3.65. The summed E-state index contributed by atoms with van der Waals surface area (Å²) in [7, 11) is 0. The van der Waals surface area contributed by atoms with Crippen LogP contribution in [-0.4, -0.2) is 49.8 Å². The molecule has 0 aromatic carbocycles. The minimum Gasteiger partial charge on any atom is -0.444 e. The Kier molecular flexibility index (Phi) is 4.02. The molecule has 4 heterocycles. The number of nitrogens with zero attached hydrogens (tertiary/aromatic N) is 4. The summed E-state index contributed by atoms with van der Waals surface area (Å²) in [5.74, 6) is 0.0673. The monoisotopic (exact) mass is 360 g/mol. The van der Waals surface area contributed by atoms with Gasteiger partial charge in [-0.1, -0.05) is 5.16 Å². The fourth-order valence-corrected chi connectivity index (χ4v) is 3.65. The van der Waals surface area contributed by atoms with E-state index in [1.165, 1.54) is 0 Å². The van der Waals surface area contributed by atoms with Crippen LogP contribution in [0.5, 0.6) is 0 Å². The Hall–Kier alpha value is -2.35. The number of hydrogen-bond acceptors (Lipinski definition) is 6. The normalized spacial score (nSPS) is 19.4. The highest BCUT2D eigenvalue weighted by Crippen LogP contribution is 2.36. The molecule has 8 nitrogen and oxygen atoms in total. The van der Waals surface area contributed by atoms with Crippen LogP contribution in [-0.2, 0) is 30.7 Å². The molecular weight excluding hydrogens is 336 g/mol. The molecule has 0 saturated carbocycles. The number of amides is 1. The Balaban J connectivity index is 1.70. The van der Waals surface area contributed by atoms with Gasteiger partial charge in [0.1, 0.15) is 17.6 Å². The lowest BCUT2D eigenvalue weighted by molar-refractivity contribution is 0.0224. The van der Waals surface area contributed by atoms with Gasteiger partial charge < -0.3 is 19.3 Å². The molecule has 0 unspecified atom stereocenters.